The Hall–Kier alpha value is -1.21. The molecule has 0 aliphatic carbocycles. The van der Waals surface area contributed by atoms with E-state index < -0.39 is 0 Å². The van der Waals surface area contributed by atoms with Gasteiger partial charge in [-0.05, 0) is 44.5 Å². The van der Waals surface area contributed by atoms with Crippen LogP contribution in [-0.2, 0) is 11.2 Å². The molecule has 0 aromatic carbocycles. The number of pyridine rings is 1. The summed E-state index contributed by atoms with van der Waals surface area (Å²) in [5, 5.41) is 6.12. The first kappa shape index (κ1) is 21.8. The van der Waals surface area contributed by atoms with Gasteiger partial charge in [-0.1, -0.05) is 0 Å². The first-order valence-electron chi connectivity index (χ1n) is 8.03. The number of thiazole rings is 1. The van der Waals surface area contributed by atoms with E-state index in [9.17, 15) is 4.79 Å². The summed E-state index contributed by atoms with van der Waals surface area (Å²) in [5.41, 5.74) is 1.86. The summed E-state index contributed by atoms with van der Waals surface area (Å²) < 4.78 is 0. The maximum Gasteiger partial charge on any atom is 0.228 e. The van der Waals surface area contributed by atoms with Crippen LogP contribution in [0, 0.1) is 5.92 Å². The molecule has 2 aromatic heterocycles. The Kier molecular flexibility index (Phi) is 9.35. The van der Waals surface area contributed by atoms with Crippen LogP contribution in [0.2, 0.25) is 0 Å². The standard InChI is InChI=1S/C17H22N4OS.2ClH/c1-18-9-13-4-3-7-21(11-13)16(22)8-15-12-23-17(20-15)14-5-2-6-19-10-14;;/h2,5-6,10,12-13,18H,3-4,7-9,11H2,1H3;2*1H. The molecule has 8 heteroatoms. The van der Waals surface area contributed by atoms with Crippen LogP contribution in [0.15, 0.2) is 29.9 Å². The maximum atomic E-state index is 12.5. The number of carbonyl (C=O) groups excluding carboxylic acids is 1. The summed E-state index contributed by atoms with van der Waals surface area (Å²) in [7, 11) is 1.97. The van der Waals surface area contributed by atoms with E-state index in [-0.39, 0.29) is 30.7 Å². The first-order valence-corrected chi connectivity index (χ1v) is 8.91. The number of piperidine rings is 1. The number of nitrogens with zero attached hydrogens (tertiary/aromatic N) is 3. The smallest absolute Gasteiger partial charge is 0.228 e. The van der Waals surface area contributed by atoms with Gasteiger partial charge in [0, 0.05) is 36.4 Å². The second-order valence-electron chi connectivity index (χ2n) is 5.97. The zero-order valence-corrected chi connectivity index (χ0v) is 16.6. The molecule has 3 rings (SSSR count). The highest BCUT2D eigenvalue weighted by Crippen LogP contribution is 2.23. The molecular formula is C17H24Cl2N4OS. The number of nitrogens with one attached hydrogen (secondary N) is 1. The van der Waals surface area contributed by atoms with Crippen molar-refractivity contribution in [3.8, 4) is 10.6 Å². The molecule has 0 spiro atoms. The van der Waals surface area contributed by atoms with Crippen molar-refractivity contribution in [2.45, 2.75) is 19.3 Å². The topological polar surface area (TPSA) is 58.1 Å². The third kappa shape index (κ3) is 5.92. The van der Waals surface area contributed by atoms with Crippen molar-refractivity contribution in [3.63, 3.8) is 0 Å². The zero-order chi connectivity index (χ0) is 16.1. The van der Waals surface area contributed by atoms with Crippen molar-refractivity contribution < 1.29 is 4.79 Å². The molecular weight excluding hydrogens is 379 g/mol. The summed E-state index contributed by atoms with van der Waals surface area (Å²) >= 11 is 1.57. The predicted octanol–water partition coefficient (Wildman–Crippen LogP) is 3.05. The Morgan fingerprint density at radius 2 is 2.28 bits per heavy atom. The molecule has 0 radical (unpaired) electrons. The van der Waals surface area contributed by atoms with Crippen molar-refractivity contribution in [2.75, 3.05) is 26.7 Å². The monoisotopic (exact) mass is 402 g/mol. The van der Waals surface area contributed by atoms with Gasteiger partial charge in [0.15, 0.2) is 0 Å². The molecule has 138 valence electrons. The SMILES string of the molecule is CNCC1CCCN(C(=O)Cc2csc(-c3cccnc3)n2)C1.Cl.Cl. The van der Waals surface area contributed by atoms with Gasteiger partial charge in [0.1, 0.15) is 5.01 Å². The highest BCUT2D eigenvalue weighted by molar-refractivity contribution is 7.13. The first-order chi connectivity index (χ1) is 11.3. The molecule has 1 atom stereocenters. The van der Waals surface area contributed by atoms with E-state index in [0.29, 0.717) is 12.3 Å². The van der Waals surface area contributed by atoms with Crippen molar-refractivity contribution in [3.05, 3.63) is 35.6 Å². The second-order valence-corrected chi connectivity index (χ2v) is 6.83. The van der Waals surface area contributed by atoms with Crippen molar-refractivity contribution >= 4 is 42.1 Å². The Balaban J connectivity index is 0.00000156. The van der Waals surface area contributed by atoms with Crippen LogP contribution in [0.4, 0.5) is 0 Å². The molecule has 1 saturated heterocycles. The predicted molar refractivity (Wildman–Crippen MR) is 107 cm³/mol. The molecule has 2 aromatic rings. The van der Waals surface area contributed by atoms with Crippen molar-refractivity contribution in [2.24, 2.45) is 5.92 Å². The molecule has 0 bridgehead atoms. The highest BCUT2D eigenvalue weighted by Gasteiger charge is 2.23. The lowest BCUT2D eigenvalue weighted by atomic mass is 9.98. The number of likely N-dealkylation sites (tertiary alicyclic amines) is 1. The van der Waals surface area contributed by atoms with E-state index in [1.165, 1.54) is 6.42 Å². The summed E-state index contributed by atoms with van der Waals surface area (Å²) in [6.45, 7) is 2.71. The molecule has 1 amide bonds. The zero-order valence-electron chi connectivity index (χ0n) is 14.2. The summed E-state index contributed by atoms with van der Waals surface area (Å²) in [4.78, 5) is 23.2. The van der Waals surface area contributed by atoms with E-state index >= 15 is 0 Å². The number of rotatable bonds is 5. The van der Waals surface area contributed by atoms with Gasteiger partial charge in [0.2, 0.25) is 5.91 Å². The third-order valence-electron chi connectivity index (χ3n) is 4.16. The van der Waals surface area contributed by atoms with E-state index in [1.54, 1.807) is 23.7 Å². The fourth-order valence-electron chi connectivity index (χ4n) is 3.02. The molecule has 1 aliphatic heterocycles. The van der Waals surface area contributed by atoms with Gasteiger partial charge in [-0.25, -0.2) is 4.98 Å². The molecule has 1 fully saturated rings. The second kappa shape index (κ2) is 10.7. The average molecular weight is 403 g/mol. The van der Waals surface area contributed by atoms with Crippen LogP contribution in [0.1, 0.15) is 18.5 Å². The van der Waals surface area contributed by atoms with Crippen LogP contribution in [0.3, 0.4) is 0 Å². The number of halogens is 2. The number of hydrogen-bond acceptors (Lipinski definition) is 5. The maximum absolute atomic E-state index is 12.5. The fourth-order valence-corrected chi connectivity index (χ4v) is 3.83. The number of carbonyl (C=O) groups is 1. The summed E-state index contributed by atoms with van der Waals surface area (Å²) in [5.74, 6) is 0.757. The molecule has 5 nitrogen and oxygen atoms in total. The van der Waals surface area contributed by atoms with Gasteiger partial charge in [0.25, 0.3) is 0 Å². The summed E-state index contributed by atoms with van der Waals surface area (Å²) in [6.07, 6.45) is 6.24. The molecule has 25 heavy (non-hydrogen) atoms. The number of amides is 1. The highest BCUT2D eigenvalue weighted by atomic mass is 35.5. The largest absolute Gasteiger partial charge is 0.342 e. The minimum atomic E-state index is 0. The summed E-state index contributed by atoms with van der Waals surface area (Å²) in [6, 6.07) is 3.89. The van der Waals surface area contributed by atoms with Gasteiger partial charge in [-0.15, -0.1) is 36.2 Å². The molecule has 0 saturated carbocycles. The van der Waals surface area contributed by atoms with Gasteiger partial charge in [0.05, 0.1) is 12.1 Å². The lowest BCUT2D eigenvalue weighted by Gasteiger charge is -2.32. The molecule has 3 heterocycles. The van der Waals surface area contributed by atoms with Gasteiger partial charge in [-0.3, -0.25) is 9.78 Å². The van der Waals surface area contributed by atoms with E-state index in [4.69, 9.17) is 0 Å². The van der Waals surface area contributed by atoms with Gasteiger partial charge >= 0.3 is 0 Å². The number of aromatic nitrogens is 2. The van der Waals surface area contributed by atoms with E-state index in [0.717, 1.165) is 42.3 Å². The minimum absolute atomic E-state index is 0. The Morgan fingerprint density at radius 1 is 1.44 bits per heavy atom. The van der Waals surface area contributed by atoms with E-state index in [1.807, 2.05) is 29.5 Å². The van der Waals surface area contributed by atoms with Gasteiger partial charge in [-0.2, -0.15) is 0 Å². The van der Waals surface area contributed by atoms with Crippen LogP contribution in [0.5, 0.6) is 0 Å². The third-order valence-corrected chi connectivity index (χ3v) is 5.10. The molecule has 1 aliphatic rings. The minimum Gasteiger partial charge on any atom is -0.342 e. The van der Waals surface area contributed by atoms with Gasteiger partial charge < -0.3 is 10.2 Å². The normalized spacial score (nSPS) is 16.7. The van der Waals surface area contributed by atoms with Crippen molar-refractivity contribution in [1.82, 2.24) is 20.2 Å². The Morgan fingerprint density at radius 3 is 3.00 bits per heavy atom. The number of hydrogen-bond donors (Lipinski definition) is 1. The Bertz CT molecular complexity index is 651. The van der Waals surface area contributed by atoms with Crippen molar-refractivity contribution in [1.29, 1.82) is 0 Å². The fraction of sp³-hybridized carbons (Fsp3) is 0.471. The van der Waals surface area contributed by atoms with E-state index in [2.05, 4.69) is 15.3 Å². The van der Waals surface area contributed by atoms with Crippen LogP contribution in [0.25, 0.3) is 10.6 Å². The quantitative estimate of drug-likeness (QED) is 0.834. The van der Waals surface area contributed by atoms with Crippen LogP contribution < -0.4 is 5.32 Å². The lowest BCUT2D eigenvalue weighted by molar-refractivity contribution is -0.132. The molecule has 1 N–H and O–H groups in total. The van der Waals surface area contributed by atoms with Crippen LogP contribution in [-0.4, -0.2) is 47.5 Å². The lowest BCUT2D eigenvalue weighted by Crippen LogP contribution is -2.43. The average Bonchev–Trinajstić information content (AvgIpc) is 3.05. The van der Waals surface area contributed by atoms with Crippen LogP contribution >= 0.6 is 36.2 Å². The molecule has 1 unspecified atom stereocenters. The Labute approximate surface area is 165 Å².